The third-order valence-corrected chi connectivity index (χ3v) is 2.76. The smallest absolute Gasteiger partial charge is 0.105 e. The molecule has 1 aromatic rings. The summed E-state index contributed by atoms with van der Waals surface area (Å²) < 4.78 is 5.09. The van der Waals surface area contributed by atoms with Crippen LogP contribution in [0.4, 0.5) is 0 Å². The third-order valence-electron chi connectivity index (χ3n) is 2.76. The second-order valence-electron chi connectivity index (χ2n) is 4.21. The molecule has 0 radical (unpaired) electrons. The Labute approximate surface area is 91.9 Å². The van der Waals surface area contributed by atoms with Crippen molar-refractivity contribution in [2.45, 2.75) is 38.9 Å². The highest BCUT2D eigenvalue weighted by atomic mass is 16.5. The minimum atomic E-state index is -0.545. The Morgan fingerprint density at radius 1 is 1.00 bits per heavy atom. The van der Waals surface area contributed by atoms with Gasteiger partial charge in [0.1, 0.15) is 6.10 Å². The molecule has 0 bridgehead atoms. The van der Waals surface area contributed by atoms with E-state index in [2.05, 4.69) is 26.0 Å². The summed E-state index contributed by atoms with van der Waals surface area (Å²) in [5.41, 5.74) is 2.20. The number of hydrogen-bond donors (Lipinski definition) is 1. The minimum absolute atomic E-state index is 0.171. The monoisotopic (exact) mass is 208 g/mol. The van der Waals surface area contributed by atoms with Gasteiger partial charge in [0.15, 0.2) is 0 Å². The van der Waals surface area contributed by atoms with Gasteiger partial charge in [-0.15, -0.1) is 0 Å². The molecule has 1 aromatic carbocycles. The molecule has 2 nitrogen and oxygen atoms in total. The van der Waals surface area contributed by atoms with Crippen molar-refractivity contribution in [1.29, 1.82) is 0 Å². The first-order valence-corrected chi connectivity index (χ1v) is 5.37. The van der Waals surface area contributed by atoms with Crippen molar-refractivity contribution >= 4 is 0 Å². The van der Waals surface area contributed by atoms with Crippen LogP contribution in [0.3, 0.4) is 0 Å². The van der Waals surface area contributed by atoms with Crippen molar-refractivity contribution in [3.63, 3.8) is 0 Å². The molecule has 0 saturated heterocycles. The molecule has 0 heterocycles. The number of aliphatic hydroxyl groups is 1. The zero-order valence-corrected chi connectivity index (χ0v) is 9.90. The SMILES string of the molecule is COC(C)C(O)c1ccc(C(C)C)cc1. The molecule has 0 aliphatic carbocycles. The topological polar surface area (TPSA) is 29.5 Å². The Balaban J connectivity index is 2.79. The summed E-state index contributed by atoms with van der Waals surface area (Å²) in [5.74, 6) is 0.524. The number of ether oxygens (including phenoxy) is 1. The molecule has 1 rings (SSSR count). The Morgan fingerprint density at radius 3 is 1.87 bits per heavy atom. The molecule has 2 heteroatoms. The molecule has 84 valence electrons. The van der Waals surface area contributed by atoms with Gasteiger partial charge in [-0.1, -0.05) is 38.1 Å². The first kappa shape index (κ1) is 12.2. The lowest BCUT2D eigenvalue weighted by Gasteiger charge is -2.18. The highest BCUT2D eigenvalue weighted by molar-refractivity contribution is 5.26. The maximum absolute atomic E-state index is 9.89. The van der Waals surface area contributed by atoms with Crippen molar-refractivity contribution in [2.24, 2.45) is 0 Å². The Hall–Kier alpha value is -0.860. The predicted octanol–water partition coefficient (Wildman–Crippen LogP) is 2.88. The maximum atomic E-state index is 9.89. The van der Waals surface area contributed by atoms with E-state index >= 15 is 0 Å². The summed E-state index contributed by atoms with van der Waals surface area (Å²) in [6, 6.07) is 8.06. The summed E-state index contributed by atoms with van der Waals surface area (Å²) in [6.45, 7) is 6.17. The molecule has 1 N–H and O–H groups in total. The number of methoxy groups -OCH3 is 1. The number of hydrogen-bond acceptors (Lipinski definition) is 2. The summed E-state index contributed by atoms with van der Waals surface area (Å²) in [6.07, 6.45) is -0.717. The fourth-order valence-electron chi connectivity index (χ4n) is 1.48. The first-order valence-electron chi connectivity index (χ1n) is 5.37. The second kappa shape index (κ2) is 5.29. The molecule has 15 heavy (non-hydrogen) atoms. The maximum Gasteiger partial charge on any atom is 0.105 e. The van der Waals surface area contributed by atoms with Crippen molar-refractivity contribution < 1.29 is 9.84 Å². The molecule has 0 aromatic heterocycles. The number of benzene rings is 1. The molecule has 0 amide bonds. The van der Waals surface area contributed by atoms with Gasteiger partial charge < -0.3 is 9.84 Å². The van der Waals surface area contributed by atoms with E-state index in [1.165, 1.54) is 5.56 Å². The highest BCUT2D eigenvalue weighted by Crippen LogP contribution is 2.21. The van der Waals surface area contributed by atoms with E-state index in [4.69, 9.17) is 4.74 Å². The zero-order valence-electron chi connectivity index (χ0n) is 9.90. The predicted molar refractivity (Wildman–Crippen MR) is 62.0 cm³/mol. The standard InChI is InChI=1S/C13H20O2/c1-9(2)11-5-7-12(8-6-11)13(14)10(3)15-4/h5-10,13-14H,1-4H3. The third kappa shape index (κ3) is 3.05. The molecular weight excluding hydrogens is 188 g/mol. The Kier molecular flexibility index (Phi) is 4.30. The van der Waals surface area contributed by atoms with Crippen molar-refractivity contribution in [2.75, 3.05) is 7.11 Å². The highest BCUT2D eigenvalue weighted by Gasteiger charge is 2.15. The van der Waals surface area contributed by atoms with E-state index in [1.54, 1.807) is 7.11 Å². The fraction of sp³-hybridized carbons (Fsp3) is 0.538. The summed E-state index contributed by atoms with van der Waals surface area (Å²) in [5, 5.41) is 9.89. The van der Waals surface area contributed by atoms with Gasteiger partial charge in [-0.05, 0) is 24.0 Å². The van der Waals surface area contributed by atoms with Crippen molar-refractivity contribution in [1.82, 2.24) is 0 Å². The molecule has 0 saturated carbocycles. The van der Waals surface area contributed by atoms with E-state index in [0.29, 0.717) is 5.92 Å². The normalized spacial score (nSPS) is 15.3. The quantitative estimate of drug-likeness (QED) is 0.824. The summed E-state index contributed by atoms with van der Waals surface area (Å²) >= 11 is 0. The molecule has 0 fully saturated rings. The van der Waals surface area contributed by atoms with E-state index in [1.807, 2.05) is 19.1 Å². The van der Waals surface area contributed by atoms with Gasteiger partial charge in [0.2, 0.25) is 0 Å². The average molecular weight is 208 g/mol. The van der Waals surface area contributed by atoms with Crippen LogP contribution in [0, 0.1) is 0 Å². The van der Waals surface area contributed by atoms with Crippen LogP contribution in [-0.2, 0) is 4.74 Å². The molecule has 0 spiro atoms. The lowest BCUT2D eigenvalue weighted by molar-refractivity contribution is -0.00143. The Bertz CT molecular complexity index is 290. The molecule has 2 atom stereocenters. The first-order chi connectivity index (χ1) is 7.06. The minimum Gasteiger partial charge on any atom is -0.386 e. The molecule has 0 aliphatic heterocycles. The molecule has 2 unspecified atom stereocenters. The van der Waals surface area contributed by atoms with Crippen LogP contribution in [-0.4, -0.2) is 18.3 Å². The van der Waals surface area contributed by atoms with Gasteiger partial charge >= 0.3 is 0 Å². The van der Waals surface area contributed by atoms with Crippen LogP contribution in [0.25, 0.3) is 0 Å². The lowest BCUT2D eigenvalue weighted by atomic mass is 9.98. The van der Waals surface area contributed by atoms with Crippen molar-refractivity contribution in [3.8, 4) is 0 Å². The fourth-order valence-corrected chi connectivity index (χ4v) is 1.48. The van der Waals surface area contributed by atoms with Crippen molar-refractivity contribution in [3.05, 3.63) is 35.4 Å². The number of aliphatic hydroxyl groups excluding tert-OH is 1. The van der Waals surface area contributed by atoms with E-state index in [0.717, 1.165) is 5.56 Å². The van der Waals surface area contributed by atoms with Gasteiger partial charge in [-0.3, -0.25) is 0 Å². The van der Waals surface area contributed by atoms with Gasteiger partial charge in [-0.25, -0.2) is 0 Å². The van der Waals surface area contributed by atoms with Crippen LogP contribution in [0.1, 0.15) is 43.9 Å². The van der Waals surface area contributed by atoms with Crippen LogP contribution in [0.2, 0.25) is 0 Å². The largest absolute Gasteiger partial charge is 0.386 e. The van der Waals surface area contributed by atoms with Crippen LogP contribution in [0.15, 0.2) is 24.3 Å². The van der Waals surface area contributed by atoms with Crippen LogP contribution in [0.5, 0.6) is 0 Å². The average Bonchev–Trinajstić information content (AvgIpc) is 2.27. The van der Waals surface area contributed by atoms with E-state index in [9.17, 15) is 5.11 Å². The summed E-state index contributed by atoms with van der Waals surface area (Å²) in [7, 11) is 1.61. The van der Waals surface area contributed by atoms with Gasteiger partial charge in [0.25, 0.3) is 0 Å². The summed E-state index contributed by atoms with van der Waals surface area (Å²) in [4.78, 5) is 0. The van der Waals surface area contributed by atoms with Crippen LogP contribution < -0.4 is 0 Å². The van der Waals surface area contributed by atoms with Gasteiger partial charge in [-0.2, -0.15) is 0 Å². The van der Waals surface area contributed by atoms with Crippen LogP contribution >= 0.6 is 0 Å². The Morgan fingerprint density at radius 2 is 1.47 bits per heavy atom. The second-order valence-corrected chi connectivity index (χ2v) is 4.21. The zero-order chi connectivity index (χ0) is 11.4. The van der Waals surface area contributed by atoms with E-state index < -0.39 is 6.10 Å². The molecule has 0 aliphatic rings. The molecular formula is C13H20O2. The van der Waals surface area contributed by atoms with E-state index in [-0.39, 0.29) is 6.10 Å². The lowest BCUT2D eigenvalue weighted by Crippen LogP contribution is -2.16. The van der Waals surface area contributed by atoms with Gasteiger partial charge in [0.05, 0.1) is 6.10 Å². The number of rotatable bonds is 4. The van der Waals surface area contributed by atoms with Gasteiger partial charge in [0, 0.05) is 7.11 Å².